The Labute approximate surface area is 106 Å². The molecule has 3 heteroatoms. The van der Waals surface area contributed by atoms with Crippen LogP contribution in [-0.2, 0) is 0 Å². The van der Waals surface area contributed by atoms with Crippen LogP contribution in [0.3, 0.4) is 0 Å². The Hall–Kier alpha value is -0.130. The standard InChI is InChI=1S/C12H19IN2/c1-3-9(4-2)12(15-14)10-5-7-11(13)8-6-10/h5-9,12,15H,3-4,14H2,1-2H3. The molecule has 1 unspecified atom stereocenters. The molecule has 0 aliphatic rings. The van der Waals surface area contributed by atoms with E-state index in [1.165, 1.54) is 9.13 Å². The Balaban J connectivity index is 2.86. The van der Waals surface area contributed by atoms with Gasteiger partial charge in [0, 0.05) is 9.61 Å². The van der Waals surface area contributed by atoms with Crippen molar-refractivity contribution in [1.82, 2.24) is 5.43 Å². The summed E-state index contributed by atoms with van der Waals surface area (Å²) in [6.45, 7) is 4.43. The summed E-state index contributed by atoms with van der Waals surface area (Å²) in [6, 6.07) is 8.84. The predicted molar refractivity (Wildman–Crippen MR) is 73.3 cm³/mol. The lowest BCUT2D eigenvalue weighted by molar-refractivity contribution is 0.345. The molecule has 3 N–H and O–H groups in total. The van der Waals surface area contributed by atoms with Gasteiger partial charge in [0.25, 0.3) is 0 Å². The first kappa shape index (κ1) is 12.9. The number of nitrogens with one attached hydrogen (secondary N) is 1. The maximum absolute atomic E-state index is 5.64. The first-order chi connectivity index (χ1) is 7.22. The van der Waals surface area contributed by atoms with Crippen LogP contribution >= 0.6 is 22.6 Å². The SMILES string of the molecule is CCC(CC)C(NN)c1ccc(I)cc1. The number of hydrazine groups is 1. The normalized spacial score (nSPS) is 13.1. The molecule has 0 heterocycles. The molecule has 0 aromatic heterocycles. The van der Waals surface area contributed by atoms with Gasteiger partial charge in [-0.05, 0) is 46.2 Å². The van der Waals surface area contributed by atoms with E-state index in [2.05, 4.69) is 66.1 Å². The highest BCUT2D eigenvalue weighted by Crippen LogP contribution is 2.26. The number of halogens is 1. The van der Waals surface area contributed by atoms with Gasteiger partial charge in [0.15, 0.2) is 0 Å². The quantitative estimate of drug-likeness (QED) is 0.497. The summed E-state index contributed by atoms with van der Waals surface area (Å²) in [5, 5.41) is 0. The molecule has 15 heavy (non-hydrogen) atoms. The third kappa shape index (κ3) is 3.43. The minimum Gasteiger partial charge on any atom is -0.271 e. The topological polar surface area (TPSA) is 38.0 Å². The number of nitrogens with two attached hydrogens (primary N) is 1. The molecule has 0 amide bonds. The van der Waals surface area contributed by atoms with Crippen molar-refractivity contribution in [3.63, 3.8) is 0 Å². The molecule has 0 bridgehead atoms. The lowest BCUT2D eigenvalue weighted by atomic mass is 9.89. The highest BCUT2D eigenvalue weighted by molar-refractivity contribution is 14.1. The molecule has 1 atom stereocenters. The minimum absolute atomic E-state index is 0.275. The second kappa shape index (κ2) is 6.45. The molecule has 0 fully saturated rings. The molecule has 0 aliphatic heterocycles. The Kier molecular flexibility index (Phi) is 5.56. The van der Waals surface area contributed by atoms with E-state index in [1.807, 2.05) is 0 Å². The fourth-order valence-electron chi connectivity index (χ4n) is 1.93. The molecule has 1 rings (SSSR count). The van der Waals surface area contributed by atoms with Gasteiger partial charge in [0.05, 0.1) is 0 Å². The fraction of sp³-hybridized carbons (Fsp3) is 0.500. The van der Waals surface area contributed by atoms with E-state index >= 15 is 0 Å². The van der Waals surface area contributed by atoms with Crippen molar-refractivity contribution in [3.8, 4) is 0 Å². The summed E-state index contributed by atoms with van der Waals surface area (Å²) in [5.41, 5.74) is 4.22. The molecule has 0 saturated carbocycles. The summed E-state index contributed by atoms with van der Waals surface area (Å²) in [7, 11) is 0. The molecule has 0 radical (unpaired) electrons. The van der Waals surface area contributed by atoms with Gasteiger partial charge in [-0.2, -0.15) is 0 Å². The van der Waals surface area contributed by atoms with Crippen molar-refractivity contribution in [2.75, 3.05) is 0 Å². The fourth-order valence-corrected chi connectivity index (χ4v) is 2.29. The van der Waals surface area contributed by atoms with Crippen LogP contribution in [0.1, 0.15) is 38.3 Å². The predicted octanol–water partition coefficient (Wildman–Crippen LogP) is 3.23. The molecule has 2 nitrogen and oxygen atoms in total. The van der Waals surface area contributed by atoms with E-state index in [4.69, 9.17) is 5.84 Å². The summed E-state index contributed by atoms with van der Waals surface area (Å²) < 4.78 is 1.26. The lowest BCUT2D eigenvalue weighted by Gasteiger charge is -2.24. The van der Waals surface area contributed by atoms with Gasteiger partial charge in [-0.1, -0.05) is 38.8 Å². The van der Waals surface area contributed by atoms with Gasteiger partial charge in [0.1, 0.15) is 0 Å². The van der Waals surface area contributed by atoms with E-state index in [-0.39, 0.29) is 6.04 Å². The largest absolute Gasteiger partial charge is 0.271 e. The summed E-state index contributed by atoms with van der Waals surface area (Å²) in [4.78, 5) is 0. The number of benzene rings is 1. The maximum atomic E-state index is 5.64. The van der Waals surface area contributed by atoms with Crippen LogP contribution < -0.4 is 11.3 Å². The Morgan fingerprint density at radius 1 is 1.20 bits per heavy atom. The summed E-state index contributed by atoms with van der Waals surface area (Å²) in [5.74, 6) is 6.25. The third-order valence-corrected chi connectivity index (χ3v) is 3.65. The smallest absolute Gasteiger partial charge is 0.0487 e. The van der Waals surface area contributed by atoms with Crippen LogP contribution in [0.5, 0.6) is 0 Å². The van der Waals surface area contributed by atoms with E-state index < -0.39 is 0 Å². The zero-order chi connectivity index (χ0) is 11.3. The van der Waals surface area contributed by atoms with Crippen LogP contribution in [0.15, 0.2) is 24.3 Å². The molecular formula is C12H19IN2. The van der Waals surface area contributed by atoms with Gasteiger partial charge < -0.3 is 0 Å². The zero-order valence-corrected chi connectivity index (χ0v) is 11.5. The lowest BCUT2D eigenvalue weighted by Crippen LogP contribution is -2.33. The van der Waals surface area contributed by atoms with E-state index in [9.17, 15) is 0 Å². The Bertz CT molecular complexity index is 280. The van der Waals surface area contributed by atoms with Crippen molar-refractivity contribution < 1.29 is 0 Å². The second-order valence-corrected chi connectivity index (χ2v) is 5.02. The second-order valence-electron chi connectivity index (χ2n) is 3.77. The van der Waals surface area contributed by atoms with Crippen molar-refractivity contribution in [2.24, 2.45) is 11.8 Å². The van der Waals surface area contributed by atoms with E-state index in [0.717, 1.165) is 12.8 Å². The van der Waals surface area contributed by atoms with Crippen molar-refractivity contribution in [2.45, 2.75) is 32.7 Å². The average Bonchev–Trinajstić information content (AvgIpc) is 2.27. The third-order valence-electron chi connectivity index (χ3n) is 2.93. The van der Waals surface area contributed by atoms with Gasteiger partial charge in [-0.15, -0.1) is 0 Å². The highest BCUT2D eigenvalue weighted by atomic mass is 127. The summed E-state index contributed by atoms with van der Waals surface area (Å²) in [6.07, 6.45) is 2.30. The average molecular weight is 318 g/mol. The molecule has 0 saturated heterocycles. The monoisotopic (exact) mass is 318 g/mol. The van der Waals surface area contributed by atoms with Gasteiger partial charge >= 0.3 is 0 Å². The van der Waals surface area contributed by atoms with Crippen LogP contribution in [0, 0.1) is 9.49 Å². The van der Waals surface area contributed by atoms with Crippen LogP contribution in [0.25, 0.3) is 0 Å². The molecule has 0 spiro atoms. The van der Waals surface area contributed by atoms with Gasteiger partial charge in [0.2, 0.25) is 0 Å². The van der Waals surface area contributed by atoms with Crippen molar-refractivity contribution in [1.29, 1.82) is 0 Å². The van der Waals surface area contributed by atoms with Gasteiger partial charge in [-0.3, -0.25) is 11.3 Å². The number of hydrogen-bond acceptors (Lipinski definition) is 2. The van der Waals surface area contributed by atoms with E-state index in [1.54, 1.807) is 0 Å². The molecule has 1 aromatic rings. The van der Waals surface area contributed by atoms with E-state index in [0.29, 0.717) is 5.92 Å². The maximum Gasteiger partial charge on any atom is 0.0487 e. The zero-order valence-electron chi connectivity index (χ0n) is 9.33. The number of rotatable bonds is 5. The Morgan fingerprint density at radius 2 is 1.73 bits per heavy atom. The van der Waals surface area contributed by atoms with Crippen molar-refractivity contribution in [3.05, 3.63) is 33.4 Å². The number of hydrogen-bond donors (Lipinski definition) is 2. The van der Waals surface area contributed by atoms with Crippen LogP contribution in [0.2, 0.25) is 0 Å². The van der Waals surface area contributed by atoms with Crippen molar-refractivity contribution >= 4 is 22.6 Å². The Morgan fingerprint density at radius 3 is 2.13 bits per heavy atom. The molecular weight excluding hydrogens is 299 g/mol. The molecule has 1 aromatic carbocycles. The van der Waals surface area contributed by atoms with Crippen LogP contribution in [0.4, 0.5) is 0 Å². The van der Waals surface area contributed by atoms with Gasteiger partial charge in [-0.25, -0.2) is 0 Å². The summed E-state index contributed by atoms with van der Waals surface area (Å²) >= 11 is 2.32. The minimum atomic E-state index is 0.275. The first-order valence-corrected chi connectivity index (χ1v) is 6.52. The first-order valence-electron chi connectivity index (χ1n) is 5.44. The highest BCUT2D eigenvalue weighted by Gasteiger charge is 2.18. The molecule has 84 valence electrons. The molecule has 0 aliphatic carbocycles. The van der Waals surface area contributed by atoms with Crippen LogP contribution in [-0.4, -0.2) is 0 Å².